The molecule has 0 rings (SSSR count). The fraction of sp³-hybridized carbons (Fsp3) is 0.636. The maximum atomic E-state index is 2.16. The SMILES string of the molecule is C/C=C(\C)CC.C/C=C/CC. The molecule has 0 aromatic carbocycles. The summed E-state index contributed by atoms with van der Waals surface area (Å²) in [5.74, 6) is 0. The van der Waals surface area contributed by atoms with Crippen LogP contribution in [-0.4, -0.2) is 0 Å². The summed E-state index contributed by atoms with van der Waals surface area (Å²) in [4.78, 5) is 0. The zero-order valence-electron chi connectivity index (χ0n) is 8.65. The summed E-state index contributed by atoms with van der Waals surface area (Å²) in [7, 11) is 0. The molecule has 0 aromatic rings. The van der Waals surface area contributed by atoms with Crippen molar-refractivity contribution in [3.63, 3.8) is 0 Å². The molecule has 0 heterocycles. The molecule has 0 saturated carbocycles. The highest BCUT2D eigenvalue weighted by Crippen LogP contribution is 1.94. The van der Waals surface area contributed by atoms with Crippen LogP contribution in [0.5, 0.6) is 0 Å². The second kappa shape index (κ2) is 12.2. The van der Waals surface area contributed by atoms with Gasteiger partial charge in [-0.1, -0.05) is 37.6 Å². The van der Waals surface area contributed by atoms with E-state index < -0.39 is 0 Å². The van der Waals surface area contributed by atoms with Crippen LogP contribution in [0.15, 0.2) is 23.8 Å². The summed E-state index contributed by atoms with van der Waals surface area (Å²) in [5.41, 5.74) is 1.47. The Balaban J connectivity index is 0. The topological polar surface area (TPSA) is 0 Å². The van der Waals surface area contributed by atoms with Gasteiger partial charge in [0.05, 0.1) is 0 Å². The Labute approximate surface area is 72.0 Å². The van der Waals surface area contributed by atoms with Crippen LogP contribution in [0.2, 0.25) is 0 Å². The lowest BCUT2D eigenvalue weighted by atomic mass is 10.2. The van der Waals surface area contributed by atoms with Crippen molar-refractivity contribution in [2.75, 3.05) is 0 Å². The van der Waals surface area contributed by atoms with Crippen molar-refractivity contribution in [2.45, 2.75) is 47.5 Å². The summed E-state index contributed by atoms with van der Waals surface area (Å²) in [5, 5.41) is 0. The average Bonchev–Trinajstić information content (AvgIpc) is 2.06. The van der Waals surface area contributed by atoms with Crippen molar-refractivity contribution < 1.29 is 0 Å². The molecule has 0 aromatic heterocycles. The standard InChI is InChI=1S/C6H12.C5H10/c1-4-6(3)5-2;1-3-5-4-2/h4H,5H2,1-3H3;3,5H,4H2,1-2H3/b6-4+;5-3+. The molecule has 0 heteroatoms. The third-order valence-electron chi connectivity index (χ3n) is 1.52. The van der Waals surface area contributed by atoms with Gasteiger partial charge in [-0.05, 0) is 33.6 Å². The van der Waals surface area contributed by atoms with Gasteiger partial charge >= 0.3 is 0 Å². The second-order valence-electron chi connectivity index (χ2n) is 2.47. The van der Waals surface area contributed by atoms with E-state index in [1.165, 1.54) is 12.0 Å². The van der Waals surface area contributed by atoms with Crippen LogP contribution in [0, 0.1) is 0 Å². The first-order chi connectivity index (χ1) is 5.22. The van der Waals surface area contributed by atoms with E-state index in [1.807, 2.05) is 6.92 Å². The molecular weight excluding hydrogens is 132 g/mol. The van der Waals surface area contributed by atoms with Gasteiger partial charge in [-0.15, -0.1) is 0 Å². The molecule has 0 unspecified atom stereocenters. The van der Waals surface area contributed by atoms with Crippen LogP contribution in [0.3, 0.4) is 0 Å². The Bertz CT molecular complexity index is 107. The molecule has 11 heavy (non-hydrogen) atoms. The predicted molar refractivity (Wildman–Crippen MR) is 54.8 cm³/mol. The van der Waals surface area contributed by atoms with Gasteiger partial charge in [0.15, 0.2) is 0 Å². The molecule has 0 N–H and O–H groups in total. The number of hydrogen-bond acceptors (Lipinski definition) is 0. The Morgan fingerprint density at radius 2 is 1.73 bits per heavy atom. The van der Waals surface area contributed by atoms with E-state index in [9.17, 15) is 0 Å². The zero-order valence-corrected chi connectivity index (χ0v) is 8.65. The van der Waals surface area contributed by atoms with Crippen molar-refractivity contribution in [2.24, 2.45) is 0 Å². The fourth-order valence-electron chi connectivity index (χ4n) is 0.440. The van der Waals surface area contributed by atoms with Crippen LogP contribution in [-0.2, 0) is 0 Å². The second-order valence-corrected chi connectivity index (χ2v) is 2.47. The van der Waals surface area contributed by atoms with Crippen molar-refractivity contribution in [1.82, 2.24) is 0 Å². The Morgan fingerprint density at radius 3 is 1.73 bits per heavy atom. The van der Waals surface area contributed by atoms with E-state index in [4.69, 9.17) is 0 Å². The van der Waals surface area contributed by atoms with Crippen molar-refractivity contribution in [3.05, 3.63) is 23.8 Å². The van der Waals surface area contributed by atoms with Gasteiger partial charge in [0.25, 0.3) is 0 Å². The molecule has 0 spiro atoms. The average molecular weight is 154 g/mol. The smallest absolute Gasteiger partial charge is 0.0352 e. The van der Waals surface area contributed by atoms with E-state index in [0.29, 0.717) is 0 Å². The molecule has 0 fully saturated rings. The highest BCUT2D eigenvalue weighted by atomic mass is 13.8. The minimum Gasteiger partial charge on any atom is -0.0917 e. The van der Waals surface area contributed by atoms with Crippen molar-refractivity contribution >= 4 is 0 Å². The van der Waals surface area contributed by atoms with E-state index in [1.54, 1.807) is 0 Å². The summed E-state index contributed by atoms with van der Waals surface area (Å²) in [6.45, 7) is 10.5. The third kappa shape index (κ3) is 17.7. The van der Waals surface area contributed by atoms with Gasteiger partial charge in [-0.2, -0.15) is 0 Å². The fourth-order valence-corrected chi connectivity index (χ4v) is 0.440. The van der Waals surface area contributed by atoms with Gasteiger partial charge in [0.1, 0.15) is 0 Å². The van der Waals surface area contributed by atoms with Gasteiger partial charge in [-0.25, -0.2) is 0 Å². The van der Waals surface area contributed by atoms with Crippen molar-refractivity contribution in [3.8, 4) is 0 Å². The molecular formula is C11H22. The third-order valence-corrected chi connectivity index (χ3v) is 1.52. The van der Waals surface area contributed by atoms with E-state index in [0.717, 1.165) is 6.42 Å². The summed E-state index contributed by atoms with van der Waals surface area (Å²) < 4.78 is 0. The zero-order chi connectivity index (χ0) is 9.11. The van der Waals surface area contributed by atoms with E-state index in [2.05, 4.69) is 45.9 Å². The van der Waals surface area contributed by atoms with E-state index in [-0.39, 0.29) is 0 Å². The predicted octanol–water partition coefficient (Wildman–Crippen LogP) is 4.34. The molecule has 0 atom stereocenters. The first-order valence-corrected chi connectivity index (χ1v) is 4.45. The maximum absolute atomic E-state index is 2.16. The molecule has 0 aliphatic carbocycles. The van der Waals surface area contributed by atoms with Gasteiger partial charge in [0.2, 0.25) is 0 Å². The summed E-state index contributed by atoms with van der Waals surface area (Å²) in [6, 6.07) is 0. The van der Waals surface area contributed by atoms with Crippen LogP contribution >= 0.6 is 0 Å². The molecule has 0 bridgehead atoms. The Kier molecular flexibility index (Phi) is 14.5. The Morgan fingerprint density at radius 1 is 1.18 bits per heavy atom. The highest BCUT2D eigenvalue weighted by Gasteiger charge is 1.73. The number of rotatable bonds is 2. The van der Waals surface area contributed by atoms with Gasteiger partial charge < -0.3 is 0 Å². The summed E-state index contributed by atoms with van der Waals surface area (Å²) >= 11 is 0. The number of hydrogen-bond donors (Lipinski definition) is 0. The normalized spacial score (nSPS) is 11.2. The molecule has 0 radical (unpaired) electrons. The molecule has 0 saturated heterocycles. The largest absolute Gasteiger partial charge is 0.0917 e. The maximum Gasteiger partial charge on any atom is -0.0352 e. The van der Waals surface area contributed by atoms with E-state index >= 15 is 0 Å². The van der Waals surface area contributed by atoms with Crippen molar-refractivity contribution in [1.29, 1.82) is 0 Å². The first kappa shape index (κ1) is 13.1. The van der Waals surface area contributed by atoms with Crippen LogP contribution in [0.1, 0.15) is 47.5 Å². The quantitative estimate of drug-likeness (QED) is 0.519. The van der Waals surface area contributed by atoms with Gasteiger partial charge in [0, 0.05) is 0 Å². The molecule has 66 valence electrons. The lowest BCUT2D eigenvalue weighted by molar-refractivity contribution is 1.09. The van der Waals surface area contributed by atoms with Gasteiger partial charge in [-0.3, -0.25) is 0 Å². The molecule has 0 amide bonds. The summed E-state index contributed by atoms with van der Waals surface area (Å²) in [6.07, 6.45) is 8.67. The molecule has 0 aliphatic heterocycles. The lowest BCUT2D eigenvalue weighted by Crippen LogP contribution is -1.63. The highest BCUT2D eigenvalue weighted by molar-refractivity contribution is 4.93. The molecule has 0 nitrogen and oxygen atoms in total. The first-order valence-electron chi connectivity index (χ1n) is 4.45. The number of allylic oxidation sites excluding steroid dienone is 4. The minimum absolute atomic E-state index is 1.16. The molecule has 0 aliphatic rings. The van der Waals surface area contributed by atoms with Crippen LogP contribution in [0.4, 0.5) is 0 Å². The minimum atomic E-state index is 1.16. The monoisotopic (exact) mass is 154 g/mol. The lowest BCUT2D eigenvalue weighted by Gasteiger charge is -1.85. The van der Waals surface area contributed by atoms with Crippen LogP contribution < -0.4 is 0 Å². The van der Waals surface area contributed by atoms with Crippen LogP contribution in [0.25, 0.3) is 0 Å². The Hall–Kier alpha value is -0.520.